The Bertz CT molecular complexity index is 635. The quantitative estimate of drug-likeness (QED) is 0.619. The van der Waals surface area contributed by atoms with Crippen molar-refractivity contribution >= 4 is 22.0 Å². The molecule has 0 bridgehead atoms. The number of ether oxygens (including phenoxy) is 2. The molecule has 1 aliphatic heterocycles. The third-order valence-electron chi connectivity index (χ3n) is 5.18. The van der Waals surface area contributed by atoms with Crippen LogP contribution < -0.4 is 4.74 Å². The van der Waals surface area contributed by atoms with Crippen LogP contribution in [-0.2, 0) is 4.74 Å². The maximum Gasteiger partial charge on any atom is 0.410 e. The topological polar surface area (TPSA) is 38.8 Å². The summed E-state index contributed by atoms with van der Waals surface area (Å²) < 4.78 is 12.8. The molecular formula is C21H30BrNO3. The molecule has 1 saturated heterocycles. The fraction of sp³-hybridized carbons (Fsp3) is 0.667. The van der Waals surface area contributed by atoms with Crippen molar-refractivity contribution in [1.82, 2.24) is 4.90 Å². The molecule has 1 saturated carbocycles. The second kappa shape index (κ2) is 8.20. The highest BCUT2D eigenvalue weighted by atomic mass is 79.9. The van der Waals surface area contributed by atoms with E-state index in [0.29, 0.717) is 25.0 Å². The van der Waals surface area contributed by atoms with E-state index in [1.165, 1.54) is 31.2 Å². The van der Waals surface area contributed by atoms with Crippen molar-refractivity contribution in [1.29, 1.82) is 0 Å². The summed E-state index contributed by atoms with van der Waals surface area (Å²) in [5.41, 5.74) is 0.887. The zero-order chi connectivity index (χ0) is 18.7. The van der Waals surface area contributed by atoms with Crippen molar-refractivity contribution in [3.05, 3.63) is 28.2 Å². The minimum Gasteiger partial charge on any atom is -0.493 e. The summed E-state index contributed by atoms with van der Waals surface area (Å²) in [4.78, 5) is 14.0. The first-order chi connectivity index (χ1) is 12.3. The van der Waals surface area contributed by atoms with E-state index < -0.39 is 5.60 Å². The number of hydrogen-bond donors (Lipinski definition) is 0. The van der Waals surface area contributed by atoms with E-state index in [1.54, 1.807) is 4.90 Å². The largest absolute Gasteiger partial charge is 0.493 e. The van der Waals surface area contributed by atoms with Gasteiger partial charge in [-0.15, -0.1) is 0 Å². The highest BCUT2D eigenvalue weighted by molar-refractivity contribution is 9.10. The van der Waals surface area contributed by atoms with Crippen molar-refractivity contribution < 1.29 is 14.3 Å². The lowest BCUT2D eigenvalue weighted by molar-refractivity contribution is 0.0284. The summed E-state index contributed by atoms with van der Waals surface area (Å²) in [6.45, 7) is 7.82. The summed E-state index contributed by atoms with van der Waals surface area (Å²) in [6.07, 6.45) is 5.88. The predicted molar refractivity (Wildman–Crippen MR) is 107 cm³/mol. The van der Waals surface area contributed by atoms with Crippen molar-refractivity contribution in [2.24, 2.45) is 5.92 Å². The molecule has 1 amide bonds. The highest BCUT2D eigenvalue weighted by Gasteiger charge is 2.30. The van der Waals surface area contributed by atoms with Crippen molar-refractivity contribution in [3.8, 4) is 5.75 Å². The van der Waals surface area contributed by atoms with Crippen LogP contribution in [0.1, 0.15) is 64.4 Å². The molecule has 1 aromatic rings. The molecular weight excluding hydrogens is 394 g/mol. The van der Waals surface area contributed by atoms with E-state index >= 15 is 0 Å². The Morgan fingerprint density at radius 2 is 1.96 bits per heavy atom. The molecule has 3 rings (SSSR count). The van der Waals surface area contributed by atoms with E-state index in [4.69, 9.17) is 9.47 Å². The van der Waals surface area contributed by atoms with Crippen LogP contribution in [0, 0.1) is 5.92 Å². The average Bonchev–Trinajstić information content (AvgIpc) is 3.24. The van der Waals surface area contributed by atoms with E-state index in [0.717, 1.165) is 23.2 Å². The third-order valence-corrected chi connectivity index (χ3v) is 5.67. The Hall–Kier alpha value is -1.23. The molecule has 26 heavy (non-hydrogen) atoms. The Morgan fingerprint density at radius 1 is 1.23 bits per heavy atom. The first kappa shape index (κ1) is 19.5. The number of likely N-dealkylation sites (tertiary alicyclic amines) is 1. The molecule has 0 radical (unpaired) electrons. The maximum absolute atomic E-state index is 12.2. The second-order valence-electron chi connectivity index (χ2n) is 8.56. The van der Waals surface area contributed by atoms with Crippen LogP contribution in [0.3, 0.4) is 0 Å². The Kier molecular flexibility index (Phi) is 6.16. The fourth-order valence-corrected chi connectivity index (χ4v) is 4.25. The number of halogens is 1. The first-order valence-corrected chi connectivity index (χ1v) is 10.5. The first-order valence-electron chi connectivity index (χ1n) is 9.72. The molecule has 4 nitrogen and oxygen atoms in total. The lowest BCUT2D eigenvalue weighted by Crippen LogP contribution is -2.35. The van der Waals surface area contributed by atoms with Gasteiger partial charge in [-0.3, -0.25) is 0 Å². The van der Waals surface area contributed by atoms with Gasteiger partial charge in [0.15, 0.2) is 0 Å². The van der Waals surface area contributed by atoms with Gasteiger partial charge >= 0.3 is 6.09 Å². The summed E-state index contributed by atoms with van der Waals surface area (Å²) >= 11 is 3.59. The second-order valence-corrected chi connectivity index (χ2v) is 9.47. The number of nitrogens with zero attached hydrogens (tertiary/aromatic N) is 1. The molecule has 1 heterocycles. The molecule has 5 heteroatoms. The lowest BCUT2D eigenvalue weighted by Gasteiger charge is -2.24. The van der Waals surface area contributed by atoms with Gasteiger partial charge in [0.05, 0.1) is 6.61 Å². The van der Waals surface area contributed by atoms with Gasteiger partial charge in [-0.1, -0.05) is 28.8 Å². The van der Waals surface area contributed by atoms with Gasteiger partial charge in [-0.05, 0) is 69.7 Å². The van der Waals surface area contributed by atoms with Crippen molar-refractivity contribution in [2.75, 3.05) is 19.7 Å². The molecule has 1 aromatic carbocycles. The Balaban J connectivity index is 1.56. The van der Waals surface area contributed by atoms with Crippen LogP contribution in [0.25, 0.3) is 0 Å². The predicted octanol–water partition coefficient (Wildman–Crippen LogP) is 5.74. The van der Waals surface area contributed by atoms with Gasteiger partial charge in [0.1, 0.15) is 11.4 Å². The minimum absolute atomic E-state index is 0.213. The molecule has 1 aliphatic carbocycles. The van der Waals surface area contributed by atoms with Gasteiger partial charge < -0.3 is 14.4 Å². The molecule has 2 aliphatic rings. The Labute approximate surface area is 165 Å². The molecule has 0 N–H and O–H groups in total. The monoisotopic (exact) mass is 423 g/mol. The van der Waals surface area contributed by atoms with Crippen molar-refractivity contribution in [2.45, 2.75) is 64.4 Å². The lowest BCUT2D eigenvalue weighted by atomic mass is 9.97. The highest BCUT2D eigenvalue weighted by Crippen LogP contribution is 2.40. The zero-order valence-corrected chi connectivity index (χ0v) is 17.7. The van der Waals surface area contributed by atoms with E-state index in [9.17, 15) is 4.79 Å². The number of carbonyl (C=O) groups excluding carboxylic acids is 1. The summed E-state index contributed by atoms with van der Waals surface area (Å²) in [5.74, 6) is 1.99. The van der Waals surface area contributed by atoms with E-state index in [-0.39, 0.29) is 6.09 Å². The van der Waals surface area contributed by atoms with Crippen LogP contribution >= 0.6 is 15.9 Å². The smallest absolute Gasteiger partial charge is 0.410 e. The van der Waals surface area contributed by atoms with Crippen molar-refractivity contribution in [3.63, 3.8) is 0 Å². The van der Waals surface area contributed by atoms with E-state index in [2.05, 4.69) is 34.1 Å². The SMILES string of the molecule is CC(C)(C)OC(=O)N1CCC(COc2ccc(Br)cc2C2CCCC2)C1. The molecule has 1 unspecified atom stereocenters. The van der Waals surface area contributed by atoms with Gasteiger partial charge in [0, 0.05) is 23.5 Å². The minimum atomic E-state index is -0.445. The number of benzene rings is 1. The molecule has 2 fully saturated rings. The average molecular weight is 424 g/mol. The third kappa shape index (κ3) is 5.15. The van der Waals surface area contributed by atoms with Gasteiger partial charge in [0.25, 0.3) is 0 Å². The summed E-state index contributed by atoms with van der Waals surface area (Å²) in [6, 6.07) is 6.35. The molecule has 0 spiro atoms. The summed E-state index contributed by atoms with van der Waals surface area (Å²) in [7, 11) is 0. The molecule has 144 valence electrons. The van der Waals surface area contributed by atoms with Crippen LogP contribution in [0.15, 0.2) is 22.7 Å². The number of carbonyl (C=O) groups is 1. The van der Waals surface area contributed by atoms with Crippen LogP contribution in [0.4, 0.5) is 4.79 Å². The van der Waals surface area contributed by atoms with E-state index in [1.807, 2.05) is 20.8 Å². The van der Waals surface area contributed by atoms with Gasteiger partial charge in [0.2, 0.25) is 0 Å². The van der Waals surface area contributed by atoms with Crippen LogP contribution in [0.5, 0.6) is 5.75 Å². The normalized spacial score (nSPS) is 21.2. The molecule has 1 atom stereocenters. The molecule has 0 aromatic heterocycles. The standard InChI is InChI=1S/C21H30BrNO3/c1-21(2,3)26-20(24)23-11-10-15(13-23)14-25-19-9-8-17(22)12-18(19)16-6-4-5-7-16/h8-9,12,15-16H,4-7,10-11,13-14H2,1-3H3. The maximum atomic E-state index is 12.2. The van der Waals surface area contributed by atoms with Gasteiger partial charge in [-0.25, -0.2) is 4.79 Å². The number of rotatable bonds is 4. The Morgan fingerprint density at radius 3 is 2.65 bits per heavy atom. The fourth-order valence-electron chi connectivity index (χ4n) is 3.88. The number of hydrogen-bond acceptors (Lipinski definition) is 3. The van der Waals surface area contributed by atoms with Crippen LogP contribution in [-0.4, -0.2) is 36.3 Å². The van der Waals surface area contributed by atoms with Gasteiger partial charge in [-0.2, -0.15) is 0 Å². The summed E-state index contributed by atoms with van der Waals surface area (Å²) in [5, 5.41) is 0. The van der Waals surface area contributed by atoms with Crippen LogP contribution in [0.2, 0.25) is 0 Å². The zero-order valence-electron chi connectivity index (χ0n) is 16.1. The number of amides is 1.